The lowest BCUT2D eigenvalue weighted by atomic mass is 10.0. The van der Waals surface area contributed by atoms with Crippen LogP contribution in [-0.2, 0) is 6.42 Å². The van der Waals surface area contributed by atoms with Gasteiger partial charge in [0, 0.05) is 11.6 Å². The van der Waals surface area contributed by atoms with Crippen molar-refractivity contribution in [1.82, 2.24) is 4.90 Å². The lowest BCUT2D eigenvalue weighted by Gasteiger charge is -2.24. The van der Waals surface area contributed by atoms with Crippen LogP contribution in [0.25, 0.3) is 0 Å². The van der Waals surface area contributed by atoms with Crippen molar-refractivity contribution in [2.24, 2.45) is 5.92 Å². The summed E-state index contributed by atoms with van der Waals surface area (Å²) < 4.78 is 0. The molecule has 3 nitrogen and oxygen atoms in total. The fourth-order valence-electron chi connectivity index (χ4n) is 3.00. The van der Waals surface area contributed by atoms with Crippen molar-refractivity contribution < 1.29 is 9.90 Å². The SMILES string of the molecule is CCCc1ccc(C(=O)CN2CCC(C)C2CO)cc1. The number of likely N-dealkylation sites (tertiary alicyclic amines) is 1. The molecule has 0 aromatic heterocycles. The van der Waals surface area contributed by atoms with Gasteiger partial charge in [0.1, 0.15) is 0 Å². The second-order valence-electron chi connectivity index (χ2n) is 5.86. The van der Waals surface area contributed by atoms with E-state index in [-0.39, 0.29) is 18.4 Å². The van der Waals surface area contributed by atoms with Crippen LogP contribution in [0.2, 0.25) is 0 Å². The summed E-state index contributed by atoms with van der Waals surface area (Å²) in [6, 6.07) is 8.10. The summed E-state index contributed by atoms with van der Waals surface area (Å²) in [5.74, 6) is 0.625. The lowest BCUT2D eigenvalue weighted by molar-refractivity contribution is 0.0866. The highest BCUT2D eigenvalue weighted by Crippen LogP contribution is 2.23. The normalized spacial score (nSPS) is 23.1. The highest BCUT2D eigenvalue weighted by atomic mass is 16.3. The van der Waals surface area contributed by atoms with Crippen molar-refractivity contribution >= 4 is 5.78 Å². The Kier molecular flexibility index (Phi) is 5.32. The van der Waals surface area contributed by atoms with E-state index in [0.717, 1.165) is 31.4 Å². The number of rotatable bonds is 6. The number of aliphatic hydroxyl groups is 1. The molecule has 2 unspecified atom stereocenters. The molecule has 1 aromatic rings. The molecule has 1 aliphatic heterocycles. The van der Waals surface area contributed by atoms with E-state index in [1.807, 2.05) is 24.3 Å². The van der Waals surface area contributed by atoms with Gasteiger partial charge in [0.05, 0.1) is 13.2 Å². The van der Waals surface area contributed by atoms with E-state index in [0.29, 0.717) is 12.5 Å². The number of nitrogens with zero attached hydrogens (tertiary/aromatic N) is 1. The van der Waals surface area contributed by atoms with E-state index in [2.05, 4.69) is 18.7 Å². The zero-order chi connectivity index (χ0) is 14.5. The molecule has 1 aliphatic rings. The molecule has 0 spiro atoms. The quantitative estimate of drug-likeness (QED) is 0.811. The molecule has 0 radical (unpaired) electrons. The van der Waals surface area contributed by atoms with Gasteiger partial charge in [0.25, 0.3) is 0 Å². The highest BCUT2D eigenvalue weighted by Gasteiger charge is 2.31. The molecule has 1 fully saturated rings. The fraction of sp³-hybridized carbons (Fsp3) is 0.588. The van der Waals surface area contributed by atoms with Crippen molar-refractivity contribution in [2.75, 3.05) is 19.7 Å². The monoisotopic (exact) mass is 275 g/mol. The van der Waals surface area contributed by atoms with Crippen LogP contribution >= 0.6 is 0 Å². The fourth-order valence-corrected chi connectivity index (χ4v) is 3.00. The molecule has 0 aliphatic carbocycles. The topological polar surface area (TPSA) is 40.5 Å². The third-order valence-electron chi connectivity index (χ3n) is 4.35. The Morgan fingerprint density at radius 3 is 2.65 bits per heavy atom. The summed E-state index contributed by atoms with van der Waals surface area (Å²) >= 11 is 0. The van der Waals surface area contributed by atoms with Crippen LogP contribution in [0.5, 0.6) is 0 Å². The molecule has 0 saturated carbocycles. The first-order chi connectivity index (χ1) is 9.65. The predicted octanol–water partition coefficient (Wildman–Crippen LogP) is 2.52. The summed E-state index contributed by atoms with van der Waals surface area (Å²) in [4.78, 5) is 14.4. The molecule has 0 amide bonds. The second kappa shape index (κ2) is 7.00. The Bertz CT molecular complexity index is 441. The maximum atomic E-state index is 12.3. The van der Waals surface area contributed by atoms with Crippen LogP contribution in [0.1, 0.15) is 42.6 Å². The highest BCUT2D eigenvalue weighted by molar-refractivity contribution is 5.97. The van der Waals surface area contributed by atoms with Crippen LogP contribution in [-0.4, -0.2) is 41.5 Å². The standard InChI is InChI=1S/C17H25NO2/c1-3-4-14-5-7-15(8-6-14)17(20)11-18-10-9-13(2)16(18)12-19/h5-8,13,16,19H,3-4,9-12H2,1-2H3. The van der Waals surface area contributed by atoms with Crippen molar-refractivity contribution in [3.05, 3.63) is 35.4 Å². The van der Waals surface area contributed by atoms with Crippen LogP contribution in [0.3, 0.4) is 0 Å². The smallest absolute Gasteiger partial charge is 0.176 e. The van der Waals surface area contributed by atoms with Crippen LogP contribution < -0.4 is 0 Å². The van der Waals surface area contributed by atoms with E-state index in [1.54, 1.807) is 0 Å². The number of hydrogen-bond acceptors (Lipinski definition) is 3. The first kappa shape index (κ1) is 15.2. The summed E-state index contributed by atoms with van der Waals surface area (Å²) in [5.41, 5.74) is 2.06. The van der Waals surface area contributed by atoms with Crippen molar-refractivity contribution in [2.45, 2.75) is 39.2 Å². The third-order valence-corrected chi connectivity index (χ3v) is 4.35. The Hall–Kier alpha value is -1.19. The number of benzene rings is 1. The van der Waals surface area contributed by atoms with Gasteiger partial charge in [-0.2, -0.15) is 0 Å². The average molecular weight is 275 g/mol. The zero-order valence-corrected chi connectivity index (χ0v) is 12.5. The molecule has 1 heterocycles. The van der Waals surface area contributed by atoms with Gasteiger partial charge in [0.2, 0.25) is 0 Å². The van der Waals surface area contributed by atoms with Gasteiger partial charge < -0.3 is 5.11 Å². The number of aryl methyl sites for hydroxylation is 1. The van der Waals surface area contributed by atoms with E-state index in [4.69, 9.17) is 0 Å². The minimum Gasteiger partial charge on any atom is -0.395 e. The van der Waals surface area contributed by atoms with Gasteiger partial charge in [-0.05, 0) is 30.9 Å². The molecule has 1 saturated heterocycles. The van der Waals surface area contributed by atoms with E-state index >= 15 is 0 Å². The Morgan fingerprint density at radius 1 is 1.35 bits per heavy atom. The number of Topliss-reactive ketones (excluding diaryl/α,β-unsaturated/α-hetero) is 1. The Labute approximate surface area is 121 Å². The van der Waals surface area contributed by atoms with E-state index < -0.39 is 0 Å². The number of ketones is 1. The molecule has 1 N–H and O–H groups in total. The number of aliphatic hydroxyl groups excluding tert-OH is 1. The maximum absolute atomic E-state index is 12.3. The molecule has 2 rings (SSSR count). The lowest BCUT2D eigenvalue weighted by Crippen LogP contribution is -2.38. The molecule has 0 bridgehead atoms. The molecule has 20 heavy (non-hydrogen) atoms. The van der Waals surface area contributed by atoms with Gasteiger partial charge in [-0.25, -0.2) is 0 Å². The summed E-state index contributed by atoms with van der Waals surface area (Å²) in [6.45, 7) is 5.77. The largest absolute Gasteiger partial charge is 0.395 e. The minimum absolute atomic E-state index is 0.137. The average Bonchev–Trinajstić information content (AvgIpc) is 2.80. The second-order valence-corrected chi connectivity index (χ2v) is 5.86. The summed E-state index contributed by atoms with van der Waals surface area (Å²) in [6.07, 6.45) is 3.25. The first-order valence-corrected chi connectivity index (χ1v) is 7.62. The minimum atomic E-state index is 0.137. The van der Waals surface area contributed by atoms with E-state index in [9.17, 15) is 9.90 Å². The number of carbonyl (C=O) groups excluding carboxylic acids is 1. The predicted molar refractivity (Wildman–Crippen MR) is 81.0 cm³/mol. The summed E-state index contributed by atoms with van der Waals surface area (Å²) in [5, 5.41) is 9.43. The van der Waals surface area contributed by atoms with Crippen LogP contribution in [0.15, 0.2) is 24.3 Å². The van der Waals surface area contributed by atoms with E-state index in [1.165, 1.54) is 5.56 Å². The number of carbonyl (C=O) groups is 1. The Morgan fingerprint density at radius 2 is 2.05 bits per heavy atom. The molecular weight excluding hydrogens is 250 g/mol. The molecule has 2 atom stereocenters. The molecule has 110 valence electrons. The van der Waals surface area contributed by atoms with Gasteiger partial charge in [0.15, 0.2) is 5.78 Å². The van der Waals surface area contributed by atoms with Crippen molar-refractivity contribution in [3.63, 3.8) is 0 Å². The Balaban J connectivity index is 1.97. The third kappa shape index (κ3) is 3.47. The molecular formula is C17H25NO2. The van der Waals surface area contributed by atoms with Gasteiger partial charge in [-0.3, -0.25) is 9.69 Å². The van der Waals surface area contributed by atoms with Gasteiger partial charge in [-0.15, -0.1) is 0 Å². The molecule has 1 aromatic carbocycles. The zero-order valence-electron chi connectivity index (χ0n) is 12.5. The van der Waals surface area contributed by atoms with Gasteiger partial charge in [-0.1, -0.05) is 44.5 Å². The van der Waals surface area contributed by atoms with Gasteiger partial charge >= 0.3 is 0 Å². The van der Waals surface area contributed by atoms with Crippen molar-refractivity contribution in [3.8, 4) is 0 Å². The summed E-state index contributed by atoms with van der Waals surface area (Å²) in [7, 11) is 0. The van der Waals surface area contributed by atoms with Crippen molar-refractivity contribution in [1.29, 1.82) is 0 Å². The maximum Gasteiger partial charge on any atom is 0.176 e. The first-order valence-electron chi connectivity index (χ1n) is 7.62. The number of hydrogen-bond donors (Lipinski definition) is 1. The molecule has 3 heteroatoms. The van der Waals surface area contributed by atoms with Crippen LogP contribution in [0.4, 0.5) is 0 Å². The van der Waals surface area contributed by atoms with Crippen LogP contribution in [0, 0.1) is 5.92 Å².